The van der Waals surface area contributed by atoms with Crippen molar-refractivity contribution in [1.29, 1.82) is 0 Å². The van der Waals surface area contributed by atoms with E-state index in [1.807, 2.05) is 0 Å². The van der Waals surface area contributed by atoms with E-state index in [9.17, 15) is 13.5 Å². The summed E-state index contributed by atoms with van der Waals surface area (Å²) in [5.74, 6) is -0.207. The first kappa shape index (κ1) is 13.0. The van der Waals surface area contributed by atoms with Crippen molar-refractivity contribution in [2.24, 2.45) is 0 Å². The molecule has 1 aromatic rings. The molecule has 1 rings (SSSR count). The van der Waals surface area contributed by atoms with E-state index in [-0.39, 0.29) is 17.7 Å². The van der Waals surface area contributed by atoms with Crippen LogP contribution in [0.4, 0.5) is 0 Å². The minimum absolute atomic E-state index is 0.108. The first-order chi connectivity index (χ1) is 7.36. The Labute approximate surface area is 94.1 Å². The number of phenolic OH excluding ortho intramolecular Hbond substituents is 1. The summed E-state index contributed by atoms with van der Waals surface area (Å²) in [4.78, 5) is 0. The van der Waals surface area contributed by atoms with Crippen molar-refractivity contribution in [3.63, 3.8) is 0 Å². The van der Waals surface area contributed by atoms with E-state index in [0.29, 0.717) is 0 Å². The van der Waals surface area contributed by atoms with Crippen LogP contribution in [-0.4, -0.2) is 29.8 Å². The highest BCUT2D eigenvalue weighted by atomic mass is 32.2. The van der Waals surface area contributed by atoms with Gasteiger partial charge in [0.1, 0.15) is 11.0 Å². The molecule has 6 heteroatoms. The molecule has 0 fully saturated rings. The maximum Gasteiger partial charge on any atom is 0.272 e. The van der Waals surface area contributed by atoms with E-state index in [1.165, 1.54) is 12.1 Å². The number of aromatic hydroxyl groups is 1. The van der Waals surface area contributed by atoms with Crippen LogP contribution in [0.3, 0.4) is 0 Å². The normalized spacial score (nSPS) is 13.7. The standard InChI is InChI=1S/C10H14O5S/c1-7-2-3-9(12)8(6-7)10(4-5-11)16(13,14)15/h2-3,6,10-12H,4-5H2,1H3,(H,13,14,15). The second kappa shape index (κ2) is 4.82. The van der Waals surface area contributed by atoms with Crippen LogP contribution in [0.1, 0.15) is 22.8 Å². The summed E-state index contributed by atoms with van der Waals surface area (Å²) in [6, 6.07) is 4.46. The number of aliphatic hydroxyl groups is 1. The first-order valence-corrected chi connectivity index (χ1v) is 6.23. The molecule has 0 radical (unpaired) electrons. The molecule has 0 aliphatic heterocycles. The SMILES string of the molecule is Cc1ccc(O)c(C(CCO)S(=O)(=O)O)c1. The summed E-state index contributed by atoms with van der Waals surface area (Å²) in [5.41, 5.74) is 0.871. The summed E-state index contributed by atoms with van der Waals surface area (Å²) >= 11 is 0. The van der Waals surface area contributed by atoms with Crippen molar-refractivity contribution >= 4 is 10.1 Å². The van der Waals surface area contributed by atoms with Gasteiger partial charge >= 0.3 is 0 Å². The molecule has 0 aliphatic carbocycles. The van der Waals surface area contributed by atoms with Crippen molar-refractivity contribution in [2.75, 3.05) is 6.61 Å². The van der Waals surface area contributed by atoms with E-state index < -0.39 is 22.0 Å². The summed E-state index contributed by atoms with van der Waals surface area (Å²) < 4.78 is 31.3. The van der Waals surface area contributed by atoms with Crippen LogP contribution in [-0.2, 0) is 10.1 Å². The van der Waals surface area contributed by atoms with Gasteiger partial charge in [-0.3, -0.25) is 4.55 Å². The topological polar surface area (TPSA) is 94.8 Å². The molecule has 90 valence electrons. The molecule has 1 aromatic carbocycles. The highest BCUT2D eigenvalue weighted by Crippen LogP contribution is 2.32. The van der Waals surface area contributed by atoms with Crippen molar-refractivity contribution in [1.82, 2.24) is 0 Å². The second-order valence-electron chi connectivity index (χ2n) is 3.58. The molecule has 0 saturated carbocycles. The van der Waals surface area contributed by atoms with Gasteiger partial charge in [0.25, 0.3) is 10.1 Å². The molecule has 0 aliphatic rings. The molecule has 16 heavy (non-hydrogen) atoms. The zero-order valence-electron chi connectivity index (χ0n) is 8.79. The smallest absolute Gasteiger partial charge is 0.272 e. The fourth-order valence-corrected chi connectivity index (χ4v) is 2.43. The lowest BCUT2D eigenvalue weighted by atomic mass is 10.1. The molecule has 0 bridgehead atoms. The lowest BCUT2D eigenvalue weighted by molar-refractivity contribution is 0.282. The number of hydrogen-bond donors (Lipinski definition) is 3. The first-order valence-electron chi connectivity index (χ1n) is 4.73. The van der Waals surface area contributed by atoms with Gasteiger partial charge in [0.2, 0.25) is 0 Å². The number of phenols is 1. The van der Waals surface area contributed by atoms with E-state index in [2.05, 4.69) is 0 Å². The fourth-order valence-electron chi connectivity index (χ4n) is 1.51. The number of benzene rings is 1. The Morgan fingerprint density at radius 2 is 2.00 bits per heavy atom. The molecule has 0 spiro atoms. The van der Waals surface area contributed by atoms with E-state index >= 15 is 0 Å². The van der Waals surface area contributed by atoms with Gasteiger partial charge in [0.15, 0.2) is 0 Å². The highest BCUT2D eigenvalue weighted by Gasteiger charge is 2.27. The zero-order valence-corrected chi connectivity index (χ0v) is 9.61. The lowest BCUT2D eigenvalue weighted by Gasteiger charge is -2.15. The average molecular weight is 246 g/mol. The van der Waals surface area contributed by atoms with E-state index in [1.54, 1.807) is 13.0 Å². The van der Waals surface area contributed by atoms with E-state index in [4.69, 9.17) is 9.66 Å². The molecule has 1 atom stereocenters. The summed E-state index contributed by atoms with van der Waals surface area (Å²) in [5, 5.41) is 17.0. The Morgan fingerprint density at radius 3 is 2.50 bits per heavy atom. The Balaban J connectivity index is 3.26. The number of aryl methyl sites for hydroxylation is 1. The van der Waals surface area contributed by atoms with Gasteiger partial charge in [0, 0.05) is 12.2 Å². The Morgan fingerprint density at radius 1 is 1.38 bits per heavy atom. The quantitative estimate of drug-likeness (QED) is 0.689. The summed E-state index contributed by atoms with van der Waals surface area (Å²) in [6.45, 7) is 1.35. The molecule has 1 unspecified atom stereocenters. The molecule has 3 N–H and O–H groups in total. The third-order valence-corrected chi connectivity index (χ3v) is 3.49. The fraction of sp³-hybridized carbons (Fsp3) is 0.400. The van der Waals surface area contributed by atoms with Crippen LogP contribution < -0.4 is 0 Å². The Kier molecular flexibility index (Phi) is 3.90. The average Bonchev–Trinajstić information content (AvgIpc) is 2.17. The number of hydrogen-bond acceptors (Lipinski definition) is 4. The van der Waals surface area contributed by atoms with Crippen molar-refractivity contribution in [3.05, 3.63) is 29.3 Å². The van der Waals surface area contributed by atoms with Gasteiger partial charge in [-0.25, -0.2) is 0 Å². The van der Waals surface area contributed by atoms with Crippen LogP contribution in [0.25, 0.3) is 0 Å². The van der Waals surface area contributed by atoms with Gasteiger partial charge in [0.05, 0.1) is 0 Å². The maximum absolute atomic E-state index is 11.1. The van der Waals surface area contributed by atoms with Crippen LogP contribution in [0, 0.1) is 6.92 Å². The highest BCUT2D eigenvalue weighted by molar-refractivity contribution is 7.86. The largest absolute Gasteiger partial charge is 0.508 e. The third-order valence-electron chi connectivity index (χ3n) is 2.28. The number of rotatable bonds is 4. The van der Waals surface area contributed by atoms with Crippen molar-refractivity contribution < 1.29 is 23.2 Å². The molecule has 0 heterocycles. The van der Waals surface area contributed by atoms with Gasteiger partial charge < -0.3 is 10.2 Å². The van der Waals surface area contributed by atoms with Crippen LogP contribution in [0.2, 0.25) is 0 Å². The monoisotopic (exact) mass is 246 g/mol. The van der Waals surface area contributed by atoms with Gasteiger partial charge in [-0.2, -0.15) is 8.42 Å². The predicted octanol–water partition coefficient (Wildman–Crippen LogP) is 1.01. The summed E-state index contributed by atoms with van der Waals surface area (Å²) in [7, 11) is -4.34. The molecular weight excluding hydrogens is 232 g/mol. The van der Waals surface area contributed by atoms with Gasteiger partial charge in [-0.05, 0) is 19.4 Å². The zero-order chi connectivity index (χ0) is 12.3. The molecule has 5 nitrogen and oxygen atoms in total. The van der Waals surface area contributed by atoms with Gasteiger partial charge in [-0.1, -0.05) is 17.7 Å². The van der Waals surface area contributed by atoms with Crippen LogP contribution >= 0.6 is 0 Å². The lowest BCUT2D eigenvalue weighted by Crippen LogP contribution is -2.14. The summed E-state index contributed by atoms with van der Waals surface area (Å²) in [6.07, 6.45) is -0.157. The number of aliphatic hydroxyl groups excluding tert-OH is 1. The van der Waals surface area contributed by atoms with Crippen molar-refractivity contribution in [2.45, 2.75) is 18.6 Å². The Bertz CT molecular complexity index is 466. The minimum Gasteiger partial charge on any atom is -0.508 e. The maximum atomic E-state index is 11.1. The van der Waals surface area contributed by atoms with Crippen LogP contribution in [0.5, 0.6) is 5.75 Å². The molecule has 0 saturated heterocycles. The van der Waals surface area contributed by atoms with Gasteiger partial charge in [-0.15, -0.1) is 0 Å². The van der Waals surface area contributed by atoms with E-state index in [0.717, 1.165) is 5.56 Å². The Hall–Kier alpha value is -1.11. The molecular formula is C10H14O5S. The molecule has 0 amide bonds. The second-order valence-corrected chi connectivity index (χ2v) is 5.18. The molecule has 0 aromatic heterocycles. The van der Waals surface area contributed by atoms with Crippen molar-refractivity contribution in [3.8, 4) is 5.75 Å². The minimum atomic E-state index is -4.34. The predicted molar refractivity (Wildman–Crippen MR) is 58.8 cm³/mol. The van der Waals surface area contributed by atoms with Crippen LogP contribution in [0.15, 0.2) is 18.2 Å². The third kappa shape index (κ3) is 2.94.